The summed E-state index contributed by atoms with van der Waals surface area (Å²) in [6, 6.07) is 0.359. The molecule has 0 aromatic heterocycles. The van der Waals surface area contributed by atoms with Crippen molar-refractivity contribution in [2.75, 3.05) is 0 Å². The van der Waals surface area contributed by atoms with Crippen molar-refractivity contribution in [3.8, 4) is 0 Å². The predicted molar refractivity (Wildman–Crippen MR) is 34.8 cm³/mol. The Bertz CT molecular complexity index is 84.1. The van der Waals surface area contributed by atoms with E-state index in [-0.39, 0.29) is 0 Å². The van der Waals surface area contributed by atoms with Gasteiger partial charge in [-0.2, -0.15) is 0 Å². The van der Waals surface area contributed by atoms with E-state index in [1.165, 1.54) is 0 Å². The van der Waals surface area contributed by atoms with Crippen LogP contribution in [-0.2, 0) is 0 Å². The molecule has 0 amide bonds. The first-order valence-corrected chi connectivity index (χ1v) is 2.79. The second kappa shape index (κ2) is 3.97. The number of rotatable bonds is 2. The molecule has 0 aromatic carbocycles. The van der Waals surface area contributed by atoms with Gasteiger partial charge in [-0.1, -0.05) is 6.92 Å². The fraction of sp³-hybridized carbons (Fsp3) is 0.800. The summed E-state index contributed by atoms with van der Waals surface area (Å²) in [7, 11) is 0. The Morgan fingerprint density at radius 2 is 2.43 bits per heavy atom. The van der Waals surface area contributed by atoms with Crippen LogP contribution in [0, 0.1) is 0 Å². The van der Waals surface area contributed by atoms with Gasteiger partial charge in [0.15, 0.2) is 0 Å². The second-order valence-corrected chi connectivity index (χ2v) is 1.66. The van der Waals surface area contributed by atoms with Crippen molar-refractivity contribution in [1.29, 1.82) is 0 Å². The third-order valence-electron chi connectivity index (χ3n) is 0.864. The van der Waals surface area contributed by atoms with Crippen LogP contribution in [0.4, 0.5) is 0 Å². The first-order chi connectivity index (χ1) is 3.31. The summed E-state index contributed by atoms with van der Waals surface area (Å²) in [4.78, 5) is 3.81. The molecule has 0 aliphatic heterocycles. The molecular weight excluding hydrogens is 106 g/mol. The SMILES string of the molecule is CC[C@H](C)N=C=S. The summed E-state index contributed by atoms with van der Waals surface area (Å²) in [5.41, 5.74) is 0. The number of isothiocyanates is 1. The summed E-state index contributed by atoms with van der Waals surface area (Å²) < 4.78 is 0. The second-order valence-electron chi connectivity index (χ2n) is 1.48. The van der Waals surface area contributed by atoms with Crippen molar-refractivity contribution in [3.05, 3.63) is 0 Å². The van der Waals surface area contributed by atoms with E-state index in [2.05, 4.69) is 29.3 Å². The van der Waals surface area contributed by atoms with Crippen LogP contribution in [0.2, 0.25) is 0 Å². The number of hydrogen-bond donors (Lipinski definition) is 0. The van der Waals surface area contributed by atoms with Crippen LogP contribution in [0.1, 0.15) is 20.3 Å². The number of aliphatic imine (C=N–C) groups is 1. The molecule has 0 unspecified atom stereocenters. The largest absolute Gasteiger partial charge is 0.229 e. The average Bonchev–Trinajstić information content (AvgIpc) is 1.68. The third-order valence-corrected chi connectivity index (χ3v) is 0.969. The Morgan fingerprint density at radius 3 is 2.57 bits per heavy atom. The molecule has 40 valence electrons. The van der Waals surface area contributed by atoms with Crippen LogP contribution >= 0.6 is 12.2 Å². The summed E-state index contributed by atoms with van der Waals surface area (Å²) in [5.74, 6) is 0. The van der Waals surface area contributed by atoms with Gasteiger partial charge in [-0.3, -0.25) is 0 Å². The Morgan fingerprint density at radius 1 is 1.86 bits per heavy atom. The van der Waals surface area contributed by atoms with Crippen LogP contribution in [-0.4, -0.2) is 11.2 Å². The van der Waals surface area contributed by atoms with Crippen LogP contribution in [0.3, 0.4) is 0 Å². The average molecular weight is 115 g/mol. The van der Waals surface area contributed by atoms with Crippen LogP contribution in [0.25, 0.3) is 0 Å². The van der Waals surface area contributed by atoms with Gasteiger partial charge >= 0.3 is 0 Å². The molecule has 0 saturated heterocycles. The molecule has 0 fully saturated rings. The van der Waals surface area contributed by atoms with Gasteiger partial charge in [-0.05, 0) is 25.6 Å². The van der Waals surface area contributed by atoms with Crippen molar-refractivity contribution in [2.24, 2.45) is 4.99 Å². The molecule has 0 aromatic rings. The molecule has 1 nitrogen and oxygen atoms in total. The quantitative estimate of drug-likeness (QED) is 0.395. The Balaban J connectivity index is 3.35. The highest BCUT2D eigenvalue weighted by molar-refractivity contribution is 7.78. The lowest BCUT2D eigenvalue weighted by Crippen LogP contribution is -1.91. The van der Waals surface area contributed by atoms with E-state index in [4.69, 9.17) is 0 Å². The van der Waals surface area contributed by atoms with Crippen LogP contribution in [0.5, 0.6) is 0 Å². The van der Waals surface area contributed by atoms with E-state index in [0.717, 1.165) is 6.42 Å². The van der Waals surface area contributed by atoms with E-state index in [0.29, 0.717) is 6.04 Å². The minimum absolute atomic E-state index is 0.359. The Kier molecular flexibility index (Phi) is 3.86. The smallest absolute Gasteiger partial charge is 0.0587 e. The molecule has 0 N–H and O–H groups in total. The van der Waals surface area contributed by atoms with Gasteiger partial charge in [0.2, 0.25) is 0 Å². The third kappa shape index (κ3) is 3.64. The zero-order valence-electron chi connectivity index (χ0n) is 4.64. The molecule has 0 bridgehead atoms. The van der Waals surface area contributed by atoms with E-state index in [9.17, 15) is 0 Å². The molecule has 2 heteroatoms. The molecule has 0 aliphatic rings. The molecule has 0 rings (SSSR count). The topological polar surface area (TPSA) is 12.4 Å². The van der Waals surface area contributed by atoms with E-state index in [1.54, 1.807) is 0 Å². The molecule has 0 heterocycles. The monoisotopic (exact) mass is 115 g/mol. The lowest BCUT2D eigenvalue weighted by atomic mass is 10.3. The minimum atomic E-state index is 0.359. The molecule has 1 atom stereocenters. The summed E-state index contributed by atoms with van der Waals surface area (Å²) in [5, 5.41) is 2.33. The zero-order chi connectivity index (χ0) is 5.70. The lowest BCUT2D eigenvalue weighted by molar-refractivity contribution is 0.722. The molecule has 0 saturated carbocycles. The molecular formula is C5H9NS. The first kappa shape index (κ1) is 6.80. The fourth-order valence-corrected chi connectivity index (χ4v) is 0.361. The Labute approximate surface area is 49.5 Å². The van der Waals surface area contributed by atoms with Gasteiger partial charge in [0.05, 0.1) is 11.2 Å². The van der Waals surface area contributed by atoms with Crippen LogP contribution < -0.4 is 0 Å². The standard InChI is InChI=1S/C5H9NS/c1-3-5(2)6-4-7/h5H,3H2,1-2H3/t5-/m0/s1. The van der Waals surface area contributed by atoms with Crippen molar-refractivity contribution >= 4 is 17.4 Å². The van der Waals surface area contributed by atoms with Gasteiger partial charge in [0, 0.05) is 0 Å². The summed E-state index contributed by atoms with van der Waals surface area (Å²) >= 11 is 4.38. The highest BCUT2D eigenvalue weighted by atomic mass is 32.1. The van der Waals surface area contributed by atoms with Gasteiger partial charge in [0.25, 0.3) is 0 Å². The van der Waals surface area contributed by atoms with Gasteiger partial charge in [-0.15, -0.1) is 0 Å². The molecule has 7 heavy (non-hydrogen) atoms. The van der Waals surface area contributed by atoms with E-state index in [1.807, 2.05) is 6.92 Å². The maximum Gasteiger partial charge on any atom is 0.0587 e. The van der Waals surface area contributed by atoms with Gasteiger partial charge in [-0.25, -0.2) is 4.99 Å². The number of thiocarbonyl (C=S) groups is 1. The van der Waals surface area contributed by atoms with E-state index >= 15 is 0 Å². The molecule has 0 spiro atoms. The number of nitrogens with zero attached hydrogens (tertiary/aromatic N) is 1. The predicted octanol–water partition coefficient (Wildman–Crippen LogP) is 1.89. The van der Waals surface area contributed by atoms with Crippen molar-refractivity contribution in [3.63, 3.8) is 0 Å². The highest BCUT2D eigenvalue weighted by Crippen LogP contribution is 1.90. The van der Waals surface area contributed by atoms with Gasteiger partial charge in [0.1, 0.15) is 0 Å². The number of hydrogen-bond acceptors (Lipinski definition) is 2. The minimum Gasteiger partial charge on any atom is -0.229 e. The van der Waals surface area contributed by atoms with Crippen molar-refractivity contribution in [2.45, 2.75) is 26.3 Å². The molecule has 0 aliphatic carbocycles. The maximum absolute atomic E-state index is 4.38. The van der Waals surface area contributed by atoms with E-state index < -0.39 is 0 Å². The van der Waals surface area contributed by atoms with Gasteiger partial charge < -0.3 is 0 Å². The Hall–Kier alpha value is -0.200. The maximum atomic E-state index is 4.38. The molecule has 0 radical (unpaired) electrons. The van der Waals surface area contributed by atoms with Crippen molar-refractivity contribution < 1.29 is 0 Å². The first-order valence-electron chi connectivity index (χ1n) is 2.38. The fourth-order valence-electron chi connectivity index (χ4n) is 0.181. The van der Waals surface area contributed by atoms with Crippen molar-refractivity contribution in [1.82, 2.24) is 0 Å². The zero-order valence-corrected chi connectivity index (χ0v) is 5.46. The summed E-state index contributed by atoms with van der Waals surface area (Å²) in [6.07, 6.45) is 1.05. The normalized spacial score (nSPS) is 12.3. The summed E-state index contributed by atoms with van der Waals surface area (Å²) in [6.45, 7) is 4.08. The van der Waals surface area contributed by atoms with Crippen LogP contribution in [0.15, 0.2) is 4.99 Å². The lowest BCUT2D eigenvalue weighted by Gasteiger charge is -1.92. The highest BCUT2D eigenvalue weighted by Gasteiger charge is 1.87.